The molecule has 2 rings (SSSR count). The van der Waals surface area contributed by atoms with Crippen LogP contribution in [0, 0.1) is 13.8 Å². The van der Waals surface area contributed by atoms with E-state index < -0.39 is 11.9 Å². The lowest BCUT2D eigenvalue weighted by atomic mass is 10.1. The van der Waals surface area contributed by atoms with Gasteiger partial charge in [-0.05, 0) is 37.6 Å². The topological polar surface area (TPSA) is 86.6 Å². The average Bonchev–Trinajstić information content (AvgIpc) is 2.67. The van der Waals surface area contributed by atoms with Crippen LogP contribution in [0.4, 0.5) is 5.00 Å². The molecule has 110 valence electrons. The van der Waals surface area contributed by atoms with Crippen molar-refractivity contribution in [2.75, 3.05) is 5.32 Å². The number of halogens is 1. The van der Waals surface area contributed by atoms with Gasteiger partial charge in [-0.25, -0.2) is 4.79 Å². The fourth-order valence-corrected chi connectivity index (χ4v) is 3.24. The minimum Gasteiger partial charge on any atom is -0.507 e. The third-order valence-corrected chi connectivity index (χ3v) is 4.65. The van der Waals surface area contributed by atoms with E-state index in [0.29, 0.717) is 10.0 Å². The quantitative estimate of drug-likeness (QED) is 0.767. The van der Waals surface area contributed by atoms with Gasteiger partial charge in [-0.1, -0.05) is 15.9 Å². The molecule has 0 saturated heterocycles. The molecule has 0 aliphatic rings. The highest BCUT2D eigenvalue weighted by molar-refractivity contribution is 9.10. The summed E-state index contributed by atoms with van der Waals surface area (Å²) in [7, 11) is 0. The fourth-order valence-electron chi connectivity index (χ4n) is 1.83. The molecule has 0 saturated carbocycles. The number of carbonyl (C=O) groups is 2. The minimum absolute atomic E-state index is 0.0735. The van der Waals surface area contributed by atoms with E-state index in [0.717, 1.165) is 4.88 Å². The number of benzene rings is 1. The Bertz CT molecular complexity index is 739. The van der Waals surface area contributed by atoms with Gasteiger partial charge in [0.25, 0.3) is 5.91 Å². The maximum atomic E-state index is 12.2. The fraction of sp³-hybridized carbons (Fsp3) is 0.143. The highest BCUT2D eigenvalue weighted by atomic mass is 79.9. The average molecular weight is 370 g/mol. The Balaban J connectivity index is 2.38. The number of aryl methyl sites for hydroxylation is 1. The lowest BCUT2D eigenvalue weighted by Gasteiger charge is -2.07. The van der Waals surface area contributed by atoms with Crippen molar-refractivity contribution in [2.24, 2.45) is 0 Å². The summed E-state index contributed by atoms with van der Waals surface area (Å²) in [5, 5.41) is 21.8. The third-order valence-electron chi connectivity index (χ3n) is 3.03. The summed E-state index contributed by atoms with van der Waals surface area (Å²) in [6, 6.07) is 4.47. The van der Waals surface area contributed by atoms with E-state index in [9.17, 15) is 19.8 Å². The number of amides is 1. The van der Waals surface area contributed by atoms with Crippen molar-refractivity contribution in [3.63, 3.8) is 0 Å². The zero-order chi connectivity index (χ0) is 15.7. The molecule has 0 unspecified atom stereocenters. The number of rotatable bonds is 3. The van der Waals surface area contributed by atoms with Gasteiger partial charge in [0, 0.05) is 9.35 Å². The monoisotopic (exact) mass is 369 g/mol. The molecule has 0 radical (unpaired) electrons. The number of aromatic carboxylic acids is 1. The summed E-state index contributed by atoms with van der Waals surface area (Å²) < 4.78 is 0.641. The molecule has 0 atom stereocenters. The molecule has 1 heterocycles. The van der Waals surface area contributed by atoms with Crippen molar-refractivity contribution in [3.05, 3.63) is 44.2 Å². The Morgan fingerprint density at radius 3 is 2.57 bits per heavy atom. The largest absolute Gasteiger partial charge is 0.507 e. The van der Waals surface area contributed by atoms with Gasteiger partial charge in [-0.3, -0.25) is 4.79 Å². The smallest absolute Gasteiger partial charge is 0.338 e. The molecule has 1 aromatic heterocycles. The minimum atomic E-state index is -1.09. The number of carbonyl (C=O) groups excluding carboxylic acids is 1. The summed E-state index contributed by atoms with van der Waals surface area (Å²) in [5.41, 5.74) is 0.783. The Labute approximate surface area is 133 Å². The molecule has 1 amide bonds. The zero-order valence-electron chi connectivity index (χ0n) is 11.2. The van der Waals surface area contributed by atoms with E-state index in [1.165, 1.54) is 23.5 Å². The number of thiophene rings is 1. The number of phenolic OH excluding ortho intramolecular Hbond substituents is 1. The molecule has 2 aromatic rings. The molecule has 0 aliphatic heterocycles. The van der Waals surface area contributed by atoms with Crippen LogP contribution in [0.25, 0.3) is 0 Å². The highest BCUT2D eigenvalue weighted by Crippen LogP contribution is 2.33. The zero-order valence-corrected chi connectivity index (χ0v) is 13.6. The van der Waals surface area contributed by atoms with Crippen LogP contribution in [0.1, 0.15) is 31.2 Å². The summed E-state index contributed by atoms with van der Waals surface area (Å²) in [6.45, 7) is 3.49. The second kappa shape index (κ2) is 5.87. The molecule has 1 aromatic carbocycles. The van der Waals surface area contributed by atoms with Gasteiger partial charge in [0.05, 0.1) is 11.1 Å². The maximum absolute atomic E-state index is 12.2. The van der Waals surface area contributed by atoms with Crippen molar-refractivity contribution in [1.29, 1.82) is 0 Å². The lowest BCUT2D eigenvalue weighted by Crippen LogP contribution is -2.13. The van der Waals surface area contributed by atoms with Gasteiger partial charge in [0.1, 0.15) is 10.8 Å². The first kappa shape index (κ1) is 15.5. The van der Waals surface area contributed by atoms with Crippen LogP contribution in [-0.4, -0.2) is 22.1 Å². The normalized spacial score (nSPS) is 10.4. The second-order valence-electron chi connectivity index (χ2n) is 4.41. The van der Waals surface area contributed by atoms with Gasteiger partial charge >= 0.3 is 5.97 Å². The van der Waals surface area contributed by atoms with Crippen molar-refractivity contribution >= 4 is 44.1 Å². The molecule has 0 fully saturated rings. The molecular weight excluding hydrogens is 358 g/mol. The Hall–Kier alpha value is -1.86. The Morgan fingerprint density at radius 1 is 1.29 bits per heavy atom. The van der Waals surface area contributed by atoms with Crippen molar-refractivity contribution in [2.45, 2.75) is 13.8 Å². The van der Waals surface area contributed by atoms with Crippen molar-refractivity contribution in [1.82, 2.24) is 0 Å². The molecular formula is C14H12BrNO4S. The summed E-state index contributed by atoms with van der Waals surface area (Å²) in [6.07, 6.45) is 0. The van der Waals surface area contributed by atoms with Crippen molar-refractivity contribution in [3.8, 4) is 5.75 Å². The van der Waals surface area contributed by atoms with Crippen LogP contribution in [0.3, 0.4) is 0 Å². The predicted molar refractivity (Wildman–Crippen MR) is 84.5 cm³/mol. The van der Waals surface area contributed by atoms with Gasteiger partial charge in [0.15, 0.2) is 0 Å². The maximum Gasteiger partial charge on any atom is 0.338 e. The number of carboxylic acids is 1. The van der Waals surface area contributed by atoms with Gasteiger partial charge < -0.3 is 15.5 Å². The lowest BCUT2D eigenvalue weighted by molar-refractivity contribution is 0.0697. The first-order valence-corrected chi connectivity index (χ1v) is 7.55. The molecule has 21 heavy (non-hydrogen) atoms. The van der Waals surface area contributed by atoms with Gasteiger partial charge in [-0.15, -0.1) is 11.3 Å². The second-order valence-corrected chi connectivity index (χ2v) is 6.55. The number of anilines is 1. The standard InChI is InChI=1S/C14H12BrNO4S/c1-6-7(2)21-13(11(6)14(19)20)16-12(18)9-5-8(15)3-4-10(9)17/h3-5,17H,1-2H3,(H,16,18)(H,19,20). The van der Waals surface area contributed by atoms with Crippen LogP contribution in [-0.2, 0) is 0 Å². The summed E-state index contributed by atoms with van der Waals surface area (Å²) in [4.78, 5) is 24.3. The van der Waals surface area contributed by atoms with E-state index in [4.69, 9.17) is 0 Å². The van der Waals surface area contributed by atoms with Crippen molar-refractivity contribution < 1.29 is 19.8 Å². The van der Waals surface area contributed by atoms with E-state index in [2.05, 4.69) is 21.2 Å². The first-order chi connectivity index (χ1) is 9.81. The first-order valence-electron chi connectivity index (χ1n) is 5.94. The summed E-state index contributed by atoms with van der Waals surface area (Å²) in [5.74, 6) is -1.82. The van der Waals surface area contributed by atoms with Gasteiger partial charge in [0.2, 0.25) is 0 Å². The Morgan fingerprint density at radius 2 is 1.95 bits per heavy atom. The van der Waals surface area contributed by atoms with Crippen LogP contribution < -0.4 is 5.32 Å². The molecule has 3 N–H and O–H groups in total. The van der Waals surface area contributed by atoms with E-state index >= 15 is 0 Å². The van der Waals surface area contributed by atoms with E-state index in [1.54, 1.807) is 19.9 Å². The van der Waals surface area contributed by atoms with Crippen LogP contribution >= 0.6 is 27.3 Å². The number of hydrogen-bond donors (Lipinski definition) is 3. The Kier molecular flexibility index (Phi) is 4.34. The van der Waals surface area contributed by atoms with E-state index in [-0.39, 0.29) is 21.9 Å². The molecule has 0 aliphatic carbocycles. The number of carboxylic acid groups (broad SMARTS) is 1. The molecule has 7 heteroatoms. The molecule has 5 nitrogen and oxygen atoms in total. The predicted octanol–water partition coefficient (Wildman–Crippen LogP) is 3.78. The number of hydrogen-bond acceptors (Lipinski definition) is 4. The summed E-state index contributed by atoms with van der Waals surface area (Å²) >= 11 is 4.42. The van der Waals surface area contributed by atoms with Crippen LogP contribution in [0.15, 0.2) is 22.7 Å². The van der Waals surface area contributed by atoms with Crippen LogP contribution in [0.2, 0.25) is 0 Å². The number of nitrogens with one attached hydrogen (secondary N) is 1. The third kappa shape index (κ3) is 3.08. The van der Waals surface area contributed by atoms with Gasteiger partial charge in [-0.2, -0.15) is 0 Å². The molecule has 0 spiro atoms. The SMILES string of the molecule is Cc1sc(NC(=O)c2cc(Br)ccc2O)c(C(=O)O)c1C. The highest BCUT2D eigenvalue weighted by Gasteiger charge is 2.21. The van der Waals surface area contributed by atoms with Crippen LogP contribution in [0.5, 0.6) is 5.75 Å². The number of aromatic hydroxyl groups is 1. The number of phenols is 1. The molecule has 0 bridgehead atoms. The van der Waals surface area contributed by atoms with E-state index in [1.807, 2.05) is 0 Å².